The number of methoxy groups -OCH3 is 1. The number of pyridine rings is 1. The highest BCUT2D eigenvalue weighted by molar-refractivity contribution is 5.19. The number of nitrogens with two attached hydrogens (primary N) is 1. The van der Waals surface area contributed by atoms with Gasteiger partial charge < -0.3 is 10.5 Å². The molecule has 1 heterocycles. The van der Waals surface area contributed by atoms with Crippen LogP contribution in [0.25, 0.3) is 0 Å². The third-order valence-electron chi connectivity index (χ3n) is 1.49. The highest BCUT2D eigenvalue weighted by atomic mass is 16.5. The lowest BCUT2D eigenvalue weighted by Gasteiger charge is -2.04. The number of hydrogen-bond donors (Lipinski definition) is 1. The Labute approximate surface area is 66.2 Å². The van der Waals surface area contributed by atoms with Crippen LogP contribution in [0, 0.1) is 0 Å². The molecule has 2 N–H and O–H groups in total. The van der Waals surface area contributed by atoms with Gasteiger partial charge in [0.1, 0.15) is 0 Å². The predicted octanol–water partition coefficient (Wildman–Crippen LogP) is 1.11. The van der Waals surface area contributed by atoms with Crippen LogP contribution in [-0.4, -0.2) is 12.1 Å². The summed E-state index contributed by atoms with van der Waals surface area (Å²) in [6.45, 7) is 1.92. The Balaban J connectivity index is 2.83. The molecule has 1 unspecified atom stereocenters. The van der Waals surface area contributed by atoms with Crippen LogP contribution >= 0.6 is 0 Å². The third-order valence-corrected chi connectivity index (χ3v) is 1.49. The average Bonchev–Trinajstić information content (AvgIpc) is 2.05. The Morgan fingerprint density at radius 1 is 1.55 bits per heavy atom. The van der Waals surface area contributed by atoms with E-state index in [0.717, 1.165) is 5.56 Å². The van der Waals surface area contributed by atoms with Crippen molar-refractivity contribution in [3.63, 3.8) is 0 Å². The first-order chi connectivity index (χ1) is 5.24. The molecule has 1 aromatic rings. The normalized spacial score (nSPS) is 12.6. The Hall–Kier alpha value is -1.09. The predicted molar refractivity (Wildman–Crippen MR) is 43.4 cm³/mol. The zero-order valence-electron chi connectivity index (χ0n) is 6.74. The Kier molecular flexibility index (Phi) is 2.44. The second-order valence-electron chi connectivity index (χ2n) is 2.42. The van der Waals surface area contributed by atoms with Gasteiger partial charge in [-0.15, -0.1) is 0 Å². The highest BCUT2D eigenvalue weighted by Gasteiger charge is 1.98. The standard InChI is InChI=1S/C8H12N2O/c1-6(9)7-3-4-8(11-2)10-5-7/h3-6H,9H2,1-2H3. The second-order valence-corrected chi connectivity index (χ2v) is 2.42. The fourth-order valence-corrected chi connectivity index (χ4v) is 0.782. The molecule has 0 saturated heterocycles. The van der Waals surface area contributed by atoms with Gasteiger partial charge >= 0.3 is 0 Å². The van der Waals surface area contributed by atoms with Crippen molar-refractivity contribution < 1.29 is 4.74 Å². The van der Waals surface area contributed by atoms with E-state index in [-0.39, 0.29) is 6.04 Å². The summed E-state index contributed by atoms with van der Waals surface area (Å²) >= 11 is 0. The lowest BCUT2D eigenvalue weighted by atomic mass is 10.2. The van der Waals surface area contributed by atoms with Crippen LogP contribution in [0.5, 0.6) is 5.88 Å². The van der Waals surface area contributed by atoms with Crippen molar-refractivity contribution in [1.29, 1.82) is 0 Å². The molecule has 60 valence electrons. The molecule has 1 rings (SSSR count). The lowest BCUT2D eigenvalue weighted by molar-refractivity contribution is 0.397. The summed E-state index contributed by atoms with van der Waals surface area (Å²) in [6.07, 6.45) is 1.73. The molecular weight excluding hydrogens is 140 g/mol. The van der Waals surface area contributed by atoms with E-state index >= 15 is 0 Å². The minimum absolute atomic E-state index is 0.0356. The van der Waals surface area contributed by atoms with E-state index in [4.69, 9.17) is 10.5 Å². The molecule has 0 aliphatic heterocycles. The summed E-state index contributed by atoms with van der Waals surface area (Å²) in [5.41, 5.74) is 6.64. The zero-order valence-corrected chi connectivity index (χ0v) is 6.74. The van der Waals surface area contributed by atoms with E-state index in [0.29, 0.717) is 5.88 Å². The monoisotopic (exact) mass is 152 g/mol. The first-order valence-corrected chi connectivity index (χ1v) is 3.49. The van der Waals surface area contributed by atoms with E-state index in [1.807, 2.05) is 13.0 Å². The fraction of sp³-hybridized carbons (Fsp3) is 0.375. The third kappa shape index (κ3) is 1.91. The topological polar surface area (TPSA) is 48.1 Å². The molecule has 0 amide bonds. The molecule has 0 aromatic carbocycles. The number of rotatable bonds is 2. The Bertz CT molecular complexity index is 218. The Morgan fingerprint density at radius 2 is 2.27 bits per heavy atom. The molecule has 11 heavy (non-hydrogen) atoms. The van der Waals surface area contributed by atoms with E-state index in [1.165, 1.54) is 0 Å². The lowest BCUT2D eigenvalue weighted by Crippen LogP contribution is -2.05. The summed E-state index contributed by atoms with van der Waals surface area (Å²) in [7, 11) is 1.59. The van der Waals surface area contributed by atoms with E-state index in [9.17, 15) is 0 Å². The minimum atomic E-state index is 0.0356. The summed E-state index contributed by atoms with van der Waals surface area (Å²) in [5, 5.41) is 0. The average molecular weight is 152 g/mol. The van der Waals surface area contributed by atoms with Crippen molar-refractivity contribution in [1.82, 2.24) is 4.98 Å². The van der Waals surface area contributed by atoms with Gasteiger partial charge in [0.05, 0.1) is 7.11 Å². The van der Waals surface area contributed by atoms with Crippen LogP contribution in [0.2, 0.25) is 0 Å². The van der Waals surface area contributed by atoms with Gasteiger partial charge in [-0.3, -0.25) is 0 Å². The summed E-state index contributed by atoms with van der Waals surface area (Å²) in [4.78, 5) is 4.02. The van der Waals surface area contributed by atoms with Crippen molar-refractivity contribution in [3.8, 4) is 5.88 Å². The maximum Gasteiger partial charge on any atom is 0.212 e. The molecule has 0 spiro atoms. The van der Waals surface area contributed by atoms with Crippen LogP contribution < -0.4 is 10.5 Å². The van der Waals surface area contributed by atoms with Crippen molar-refractivity contribution in [3.05, 3.63) is 23.9 Å². The number of nitrogens with zero attached hydrogens (tertiary/aromatic N) is 1. The Morgan fingerprint density at radius 3 is 2.64 bits per heavy atom. The summed E-state index contributed by atoms with van der Waals surface area (Å²) in [6, 6.07) is 3.75. The SMILES string of the molecule is COc1ccc(C(C)N)cn1. The van der Waals surface area contributed by atoms with Gasteiger partial charge in [-0.2, -0.15) is 0 Å². The summed E-state index contributed by atoms with van der Waals surface area (Å²) < 4.78 is 4.90. The molecule has 0 saturated carbocycles. The van der Waals surface area contributed by atoms with E-state index in [1.54, 1.807) is 19.4 Å². The van der Waals surface area contributed by atoms with Crippen molar-refractivity contribution in [2.75, 3.05) is 7.11 Å². The van der Waals surface area contributed by atoms with Gasteiger partial charge in [-0.25, -0.2) is 4.98 Å². The molecule has 3 heteroatoms. The zero-order chi connectivity index (χ0) is 8.27. The van der Waals surface area contributed by atoms with Crippen LogP contribution in [0.4, 0.5) is 0 Å². The van der Waals surface area contributed by atoms with Crippen molar-refractivity contribution >= 4 is 0 Å². The van der Waals surface area contributed by atoms with Crippen LogP contribution in [0.1, 0.15) is 18.5 Å². The van der Waals surface area contributed by atoms with Crippen molar-refractivity contribution in [2.24, 2.45) is 5.73 Å². The maximum absolute atomic E-state index is 5.62. The molecule has 0 radical (unpaired) electrons. The quantitative estimate of drug-likeness (QED) is 0.690. The molecule has 1 aromatic heterocycles. The van der Waals surface area contributed by atoms with Gasteiger partial charge in [-0.05, 0) is 12.5 Å². The molecule has 3 nitrogen and oxygen atoms in total. The molecule has 0 aliphatic carbocycles. The molecule has 1 atom stereocenters. The fourth-order valence-electron chi connectivity index (χ4n) is 0.782. The van der Waals surface area contributed by atoms with Crippen molar-refractivity contribution in [2.45, 2.75) is 13.0 Å². The number of aromatic nitrogens is 1. The minimum Gasteiger partial charge on any atom is -0.481 e. The van der Waals surface area contributed by atoms with E-state index in [2.05, 4.69) is 4.98 Å². The van der Waals surface area contributed by atoms with Gasteiger partial charge in [0.2, 0.25) is 5.88 Å². The van der Waals surface area contributed by atoms with Crippen LogP contribution in [0.3, 0.4) is 0 Å². The van der Waals surface area contributed by atoms with Gasteiger partial charge in [0.15, 0.2) is 0 Å². The van der Waals surface area contributed by atoms with Gasteiger partial charge in [0, 0.05) is 18.3 Å². The molecule has 0 aliphatic rings. The second kappa shape index (κ2) is 3.34. The number of hydrogen-bond acceptors (Lipinski definition) is 3. The maximum atomic E-state index is 5.62. The summed E-state index contributed by atoms with van der Waals surface area (Å²) in [5.74, 6) is 0.620. The highest BCUT2D eigenvalue weighted by Crippen LogP contribution is 2.11. The van der Waals surface area contributed by atoms with Gasteiger partial charge in [-0.1, -0.05) is 6.07 Å². The first-order valence-electron chi connectivity index (χ1n) is 3.49. The smallest absolute Gasteiger partial charge is 0.212 e. The van der Waals surface area contributed by atoms with E-state index < -0.39 is 0 Å². The van der Waals surface area contributed by atoms with Crippen LogP contribution in [-0.2, 0) is 0 Å². The number of ether oxygens (including phenoxy) is 1. The molecular formula is C8H12N2O. The molecule has 0 fully saturated rings. The van der Waals surface area contributed by atoms with Gasteiger partial charge in [0.25, 0.3) is 0 Å². The first kappa shape index (κ1) is 8.01. The molecule has 0 bridgehead atoms. The largest absolute Gasteiger partial charge is 0.481 e. The van der Waals surface area contributed by atoms with Crippen LogP contribution in [0.15, 0.2) is 18.3 Å².